The van der Waals surface area contributed by atoms with E-state index in [2.05, 4.69) is 20.2 Å². The number of ether oxygens (including phenoxy) is 3. The molecule has 0 fully saturated rings. The van der Waals surface area contributed by atoms with E-state index in [1.165, 1.54) is 18.4 Å². The van der Waals surface area contributed by atoms with Gasteiger partial charge in [-0.05, 0) is 30.7 Å². The zero-order chi connectivity index (χ0) is 17.4. The number of rotatable bonds is 8. The molecule has 0 bridgehead atoms. The molecule has 0 aliphatic heterocycles. The van der Waals surface area contributed by atoms with Gasteiger partial charge in [-0.3, -0.25) is 10.2 Å². The number of esters is 1. The number of hydrogen-bond acceptors (Lipinski definition) is 8. The van der Waals surface area contributed by atoms with Crippen molar-refractivity contribution < 1.29 is 19.0 Å². The van der Waals surface area contributed by atoms with E-state index in [4.69, 9.17) is 9.47 Å². The van der Waals surface area contributed by atoms with Crippen molar-refractivity contribution in [3.63, 3.8) is 0 Å². The van der Waals surface area contributed by atoms with Crippen molar-refractivity contribution in [1.29, 1.82) is 0 Å². The van der Waals surface area contributed by atoms with Crippen LogP contribution >= 0.6 is 11.3 Å². The Labute approximate surface area is 144 Å². The first-order chi connectivity index (χ1) is 11.7. The zero-order valence-electron chi connectivity index (χ0n) is 13.7. The van der Waals surface area contributed by atoms with Gasteiger partial charge in [0.1, 0.15) is 0 Å². The fourth-order valence-corrected chi connectivity index (χ4v) is 2.52. The maximum atomic E-state index is 11.2. The second-order valence-corrected chi connectivity index (χ2v) is 5.47. The van der Waals surface area contributed by atoms with Crippen LogP contribution in [0.1, 0.15) is 18.2 Å². The normalized spacial score (nSPS) is 10.6. The minimum absolute atomic E-state index is 0.147. The van der Waals surface area contributed by atoms with Gasteiger partial charge in [0.2, 0.25) is 5.13 Å². The Balaban J connectivity index is 1.97. The minimum atomic E-state index is -0.322. The van der Waals surface area contributed by atoms with Crippen LogP contribution in [0.5, 0.6) is 11.5 Å². The molecule has 7 nitrogen and oxygen atoms in total. The second kappa shape index (κ2) is 8.88. The molecule has 0 saturated heterocycles. The highest BCUT2D eigenvalue weighted by Gasteiger charge is 2.07. The standard InChI is InChI=1S/C16H19N3O4S/c1-4-23-13-6-5-11(7-14(13)21-2)9-17-19-16-18-12(10-24-16)8-15(20)22-3/h5-7,9-10H,4,8H2,1-3H3,(H,18,19)/b17-9-. The maximum Gasteiger partial charge on any atom is 0.311 e. The van der Waals surface area contributed by atoms with Crippen LogP contribution in [0.25, 0.3) is 0 Å². The Bertz CT molecular complexity index is 715. The third kappa shape index (κ3) is 4.95. The number of methoxy groups -OCH3 is 2. The summed E-state index contributed by atoms with van der Waals surface area (Å²) in [4.78, 5) is 15.4. The van der Waals surface area contributed by atoms with E-state index in [9.17, 15) is 4.79 Å². The average molecular weight is 349 g/mol. The lowest BCUT2D eigenvalue weighted by Crippen LogP contribution is -2.04. The topological polar surface area (TPSA) is 82.0 Å². The van der Waals surface area contributed by atoms with Crippen molar-refractivity contribution >= 4 is 28.7 Å². The van der Waals surface area contributed by atoms with Crippen LogP contribution in [0.3, 0.4) is 0 Å². The predicted molar refractivity (Wildman–Crippen MR) is 93.2 cm³/mol. The van der Waals surface area contributed by atoms with E-state index in [1.807, 2.05) is 25.1 Å². The molecule has 0 spiro atoms. The Morgan fingerprint density at radius 2 is 2.21 bits per heavy atom. The number of thiazole rings is 1. The summed E-state index contributed by atoms with van der Waals surface area (Å²) in [5.41, 5.74) is 4.34. The van der Waals surface area contributed by atoms with E-state index in [0.29, 0.717) is 28.9 Å². The fraction of sp³-hybridized carbons (Fsp3) is 0.312. The number of anilines is 1. The van der Waals surface area contributed by atoms with Gasteiger partial charge < -0.3 is 14.2 Å². The molecule has 0 atom stereocenters. The highest BCUT2D eigenvalue weighted by Crippen LogP contribution is 2.27. The Hall–Kier alpha value is -2.61. The Kier molecular flexibility index (Phi) is 6.56. The first-order valence-corrected chi connectivity index (χ1v) is 8.15. The summed E-state index contributed by atoms with van der Waals surface area (Å²) < 4.78 is 15.4. The number of carbonyl (C=O) groups is 1. The summed E-state index contributed by atoms with van der Waals surface area (Å²) in [6.07, 6.45) is 1.80. The molecule has 2 aromatic rings. The van der Waals surface area contributed by atoms with Gasteiger partial charge in [-0.15, -0.1) is 11.3 Å². The van der Waals surface area contributed by atoms with Gasteiger partial charge in [-0.1, -0.05) is 0 Å². The number of hydrogen-bond donors (Lipinski definition) is 1. The van der Waals surface area contributed by atoms with Crippen LogP contribution in [-0.2, 0) is 16.0 Å². The number of benzene rings is 1. The molecule has 0 aliphatic carbocycles. The lowest BCUT2D eigenvalue weighted by atomic mass is 10.2. The van der Waals surface area contributed by atoms with Crippen LogP contribution < -0.4 is 14.9 Å². The Morgan fingerprint density at radius 1 is 1.38 bits per heavy atom. The average Bonchev–Trinajstić information content (AvgIpc) is 3.03. The number of nitrogens with zero attached hydrogens (tertiary/aromatic N) is 2. The summed E-state index contributed by atoms with van der Waals surface area (Å²) in [5, 5.41) is 6.52. The molecule has 8 heteroatoms. The van der Waals surface area contributed by atoms with Gasteiger partial charge in [-0.25, -0.2) is 4.98 Å². The molecule has 0 unspecified atom stereocenters. The first kappa shape index (κ1) is 17.7. The first-order valence-electron chi connectivity index (χ1n) is 7.27. The molecule has 1 N–H and O–H groups in total. The van der Waals surface area contributed by atoms with Gasteiger partial charge in [0.15, 0.2) is 11.5 Å². The molecule has 1 aromatic carbocycles. The van der Waals surface area contributed by atoms with Crippen LogP contribution in [0.4, 0.5) is 5.13 Å². The molecule has 0 amide bonds. The molecule has 1 heterocycles. The summed E-state index contributed by atoms with van der Waals surface area (Å²) in [6, 6.07) is 5.55. The van der Waals surface area contributed by atoms with Crippen LogP contribution in [0.15, 0.2) is 28.7 Å². The molecule has 0 aliphatic rings. The van der Waals surface area contributed by atoms with Crippen molar-refractivity contribution in [3.05, 3.63) is 34.8 Å². The number of aromatic nitrogens is 1. The van der Waals surface area contributed by atoms with Crippen molar-refractivity contribution in [2.45, 2.75) is 13.3 Å². The highest BCUT2D eigenvalue weighted by atomic mass is 32.1. The number of nitrogens with one attached hydrogen (secondary N) is 1. The Morgan fingerprint density at radius 3 is 2.92 bits per heavy atom. The molecule has 0 radical (unpaired) electrons. The lowest BCUT2D eigenvalue weighted by Gasteiger charge is -2.09. The van der Waals surface area contributed by atoms with Gasteiger partial charge in [0.05, 0.1) is 39.2 Å². The molecular weight excluding hydrogens is 330 g/mol. The SMILES string of the molecule is CCOc1ccc(/C=N\Nc2nc(CC(=O)OC)cs2)cc1OC. The molecular formula is C16H19N3O4S. The molecule has 2 rings (SSSR count). The third-order valence-electron chi connectivity index (χ3n) is 2.97. The van der Waals surface area contributed by atoms with E-state index in [0.717, 1.165) is 5.56 Å². The predicted octanol–water partition coefficient (Wildman–Crippen LogP) is 2.71. The van der Waals surface area contributed by atoms with Crippen molar-refractivity contribution in [2.24, 2.45) is 5.10 Å². The molecule has 1 aromatic heterocycles. The van der Waals surface area contributed by atoms with E-state index in [1.54, 1.807) is 18.7 Å². The van der Waals surface area contributed by atoms with Gasteiger partial charge in [0, 0.05) is 5.38 Å². The molecule has 128 valence electrons. The minimum Gasteiger partial charge on any atom is -0.493 e. The second-order valence-electron chi connectivity index (χ2n) is 4.61. The summed E-state index contributed by atoms with van der Waals surface area (Å²) in [7, 11) is 2.94. The zero-order valence-corrected chi connectivity index (χ0v) is 14.6. The monoisotopic (exact) mass is 349 g/mol. The van der Waals surface area contributed by atoms with E-state index >= 15 is 0 Å². The molecule has 0 saturated carbocycles. The van der Waals surface area contributed by atoms with Gasteiger partial charge in [-0.2, -0.15) is 5.10 Å². The van der Waals surface area contributed by atoms with Gasteiger partial charge in [0.25, 0.3) is 0 Å². The van der Waals surface area contributed by atoms with Crippen molar-refractivity contribution in [2.75, 3.05) is 26.3 Å². The summed E-state index contributed by atoms with van der Waals surface area (Å²) >= 11 is 1.37. The van der Waals surface area contributed by atoms with Crippen molar-refractivity contribution in [1.82, 2.24) is 4.98 Å². The van der Waals surface area contributed by atoms with E-state index in [-0.39, 0.29) is 12.4 Å². The number of carbonyl (C=O) groups excluding carboxylic acids is 1. The van der Waals surface area contributed by atoms with Crippen LogP contribution in [-0.4, -0.2) is 38.0 Å². The van der Waals surface area contributed by atoms with Crippen LogP contribution in [0.2, 0.25) is 0 Å². The van der Waals surface area contributed by atoms with Crippen LogP contribution in [0, 0.1) is 0 Å². The smallest absolute Gasteiger partial charge is 0.311 e. The molecule has 24 heavy (non-hydrogen) atoms. The summed E-state index contributed by atoms with van der Waals surface area (Å²) in [6.45, 7) is 2.49. The highest BCUT2D eigenvalue weighted by molar-refractivity contribution is 7.13. The van der Waals surface area contributed by atoms with E-state index < -0.39 is 0 Å². The van der Waals surface area contributed by atoms with Gasteiger partial charge >= 0.3 is 5.97 Å². The van der Waals surface area contributed by atoms with Crippen molar-refractivity contribution in [3.8, 4) is 11.5 Å². The number of hydrazone groups is 1. The summed E-state index contributed by atoms with van der Waals surface area (Å²) in [5.74, 6) is 1.02. The lowest BCUT2D eigenvalue weighted by molar-refractivity contribution is -0.139. The third-order valence-corrected chi connectivity index (χ3v) is 3.76. The largest absolute Gasteiger partial charge is 0.493 e. The quantitative estimate of drug-likeness (QED) is 0.448. The fourth-order valence-electron chi connectivity index (χ4n) is 1.86. The maximum absolute atomic E-state index is 11.2.